The topological polar surface area (TPSA) is 63.6 Å². The van der Waals surface area contributed by atoms with Gasteiger partial charge in [0.2, 0.25) is 0 Å². The van der Waals surface area contributed by atoms with Gasteiger partial charge in [-0.05, 0) is 52.9 Å². The number of hydrogen-bond donors (Lipinski definition) is 1. The van der Waals surface area contributed by atoms with Crippen molar-refractivity contribution in [2.75, 3.05) is 19.0 Å². The Morgan fingerprint density at radius 3 is 2.74 bits per heavy atom. The van der Waals surface area contributed by atoms with Gasteiger partial charge < -0.3 is 9.84 Å². The summed E-state index contributed by atoms with van der Waals surface area (Å²) in [6.45, 7) is 1.45. The summed E-state index contributed by atoms with van der Waals surface area (Å²) in [7, 11) is -1.16. The van der Waals surface area contributed by atoms with Gasteiger partial charge in [-0.3, -0.25) is 4.21 Å². The maximum Gasteiger partial charge on any atom is 0.336 e. The second-order valence-electron chi connectivity index (χ2n) is 4.51. The number of halogens is 1. The van der Waals surface area contributed by atoms with Crippen molar-refractivity contribution in [1.82, 2.24) is 0 Å². The first-order valence-corrected chi connectivity index (χ1v) is 8.18. The maximum atomic E-state index is 12.3. The highest BCUT2D eigenvalue weighted by molar-refractivity contribution is 9.10. The van der Waals surface area contributed by atoms with Crippen molar-refractivity contribution in [3.8, 4) is 0 Å². The lowest BCUT2D eigenvalue weighted by atomic mass is 10.0. The first-order chi connectivity index (χ1) is 9.08. The molecule has 2 rings (SSSR count). The standard InChI is InChI=1S/C13H15BrO4S/c14-12-2-1-10(7-11(12)13(15)16)19(17)8-9-3-5-18-6-4-9/h1-2,7,9H,3-6,8H2,(H,15,16). The van der Waals surface area contributed by atoms with E-state index in [1.807, 2.05) is 0 Å². The second kappa shape index (κ2) is 6.63. The van der Waals surface area contributed by atoms with Crippen LogP contribution in [0.1, 0.15) is 23.2 Å². The lowest BCUT2D eigenvalue weighted by Crippen LogP contribution is -2.21. The van der Waals surface area contributed by atoms with E-state index in [9.17, 15) is 9.00 Å². The molecular formula is C13H15BrO4S. The predicted octanol–water partition coefficient (Wildman–Crippen LogP) is 2.68. The lowest BCUT2D eigenvalue weighted by Gasteiger charge is -2.21. The number of ether oxygens (including phenoxy) is 1. The van der Waals surface area contributed by atoms with Gasteiger partial charge >= 0.3 is 5.97 Å². The summed E-state index contributed by atoms with van der Waals surface area (Å²) >= 11 is 3.18. The largest absolute Gasteiger partial charge is 0.478 e. The van der Waals surface area contributed by atoms with Gasteiger partial charge in [-0.2, -0.15) is 0 Å². The number of carbonyl (C=O) groups is 1. The molecule has 1 aromatic carbocycles. The van der Waals surface area contributed by atoms with Crippen molar-refractivity contribution in [3.63, 3.8) is 0 Å². The zero-order chi connectivity index (χ0) is 13.8. The molecule has 104 valence electrons. The highest BCUT2D eigenvalue weighted by Gasteiger charge is 2.19. The Morgan fingerprint density at radius 1 is 1.42 bits per heavy atom. The molecule has 1 aliphatic heterocycles. The lowest BCUT2D eigenvalue weighted by molar-refractivity contribution is 0.0695. The van der Waals surface area contributed by atoms with Crippen LogP contribution in [-0.4, -0.2) is 34.3 Å². The third-order valence-electron chi connectivity index (χ3n) is 3.16. The monoisotopic (exact) mass is 346 g/mol. The molecule has 0 spiro atoms. The van der Waals surface area contributed by atoms with Crippen LogP contribution >= 0.6 is 15.9 Å². The van der Waals surface area contributed by atoms with Gasteiger partial charge in [0.05, 0.1) is 16.4 Å². The molecule has 1 heterocycles. The van der Waals surface area contributed by atoms with Crippen LogP contribution < -0.4 is 0 Å². The van der Waals surface area contributed by atoms with Gasteiger partial charge in [-0.1, -0.05) is 0 Å². The minimum Gasteiger partial charge on any atom is -0.478 e. The molecule has 0 aliphatic carbocycles. The molecule has 1 saturated heterocycles. The fourth-order valence-corrected chi connectivity index (χ4v) is 3.87. The van der Waals surface area contributed by atoms with Crippen molar-refractivity contribution in [3.05, 3.63) is 28.2 Å². The molecule has 0 radical (unpaired) electrons. The Balaban J connectivity index is 2.10. The van der Waals surface area contributed by atoms with Gasteiger partial charge in [-0.25, -0.2) is 4.79 Å². The summed E-state index contributed by atoms with van der Waals surface area (Å²) in [6, 6.07) is 4.84. The van der Waals surface area contributed by atoms with Gasteiger partial charge in [0.15, 0.2) is 0 Å². The van der Waals surface area contributed by atoms with Crippen LogP contribution in [-0.2, 0) is 15.5 Å². The van der Waals surface area contributed by atoms with Crippen molar-refractivity contribution in [1.29, 1.82) is 0 Å². The summed E-state index contributed by atoms with van der Waals surface area (Å²) in [5, 5.41) is 9.05. The van der Waals surface area contributed by atoms with Crippen molar-refractivity contribution in [2.45, 2.75) is 17.7 Å². The van der Waals surface area contributed by atoms with Gasteiger partial charge in [-0.15, -0.1) is 0 Å². The molecule has 1 aromatic rings. The summed E-state index contributed by atoms with van der Waals surface area (Å²) in [4.78, 5) is 11.6. The van der Waals surface area contributed by atoms with E-state index in [2.05, 4.69) is 15.9 Å². The van der Waals surface area contributed by atoms with Crippen LogP contribution in [0.3, 0.4) is 0 Å². The van der Waals surface area contributed by atoms with Crippen LogP contribution in [0.2, 0.25) is 0 Å². The molecule has 1 aliphatic rings. The fourth-order valence-electron chi connectivity index (χ4n) is 2.03. The van der Waals surface area contributed by atoms with Gasteiger partial charge in [0, 0.05) is 28.3 Å². The molecule has 1 unspecified atom stereocenters. The van der Waals surface area contributed by atoms with Crippen molar-refractivity contribution < 1.29 is 18.8 Å². The van der Waals surface area contributed by atoms with Crippen LogP contribution in [0, 0.1) is 5.92 Å². The summed E-state index contributed by atoms with van der Waals surface area (Å²) in [6.07, 6.45) is 1.85. The normalized spacial score (nSPS) is 18.2. The van der Waals surface area contributed by atoms with E-state index >= 15 is 0 Å². The number of benzene rings is 1. The van der Waals surface area contributed by atoms with Gasteiger partial charge in [0.25, 0.3) is 0 Å². The van der Waals surface area contributed by atoms with Crippen LogP contribution in [0.15, 0.2) is 27.6 Å². The molecule has 1 atom stereocenters. The maximum absolute atomic E-state index is 12.3. The minimum atomic E-state index is -1.16. The van der Waals surface area contributed by atoms with Crippen molar-refractivity contribution >= 4 is 32.7 Å². The molecule has 1 N–H and O–H groups in total. The van der Waals surface area contributed by atoms with E-state index in [-0.39, 0.29) is 5.56 Å². The molecule has 0 saturated carbocycles. The summed E-state index contributed by atoms with van der Waals surface area (Å²) in [5.41, 5.74) is 0.151. The van der Waals surface area contributed by atoms with Crippen molar-refractivity contribution in [2.24, 2.45) is 5.92 Å². The van der Waals surface area contributed by atoms with E-state index in [1.54, 1.807) is 12.1 Å². The average Bonchev–Trinajstić information content (AvgIpc) is 2.40. The molecular weight excluding hydrogens is 332 g/mol. The quantitative estimate of drug-likeness (QED) is 0.910. The molecule has 0 amide bonds. The highest BCUT2D eigenvalue weighted by atomic mass is 79.9. The molecule has 19 heavy (non-hydrogen) atoms. The predicted molar refractivity (Wildman–Crippen MR) is 75.9 cm³/mol. The van der Waals surface area contributed by atoms with E-state index in [4.69, 9.17) is 9.84 Å². The SMILES string of the molecule is O=C(O)c1cc(S(=O)CC2CCOCC2)ccc1Br. The second-order valence-corrected chi connectivity index (χ2v) is 6.86. The molecule has 0 aromatic heterocycles. The Labute approximate surface area is 122 Å². The Bertz CT molecular complexity index is 497. The number of rotatable bonds is 4. The number of carboxylic acid groups (broad SMARTS) is 1. The third-order valence-corrected chi connectivity index (χ3v) is 5.40. The number of carboxylic acids is 1. The third kappa shape index (κ3) is 3.87. The minimum absolute atomic E-state index is 0.151. The fraction of sp³-hybridized carbons (Fsp3) is 0.462. The zero-order valence-corrected chi connectivity index (χ0v) is 12.7. The average molecular weight is 347 g/mol. The molecule has 0 bridgehead atoms. The van der Waals surface area contributed by atoms with E-state index in [0.717, 1.165) is 26.1 Å². The summed E-state index contributed by atoms with van der Waals surface area (Å²) in [5.74, 6) is -0.0485. The van der Waals surface area contributed by atoms with E-state index < -0.39 is 16.8 Å². The van der Waals surface area contributed by atoms with Gasteiger partial charge in [0.1, 0.15) is 0 Å². The molecule has 6 heteroatoms. The van der Waals surface area contributed by atoms with Crippen LogP contribution in [0.5, 0.6) is 0 Å². The zero-order valence-electron chi connectivity index (χ0n) is 10.3. The summed E-state index contributed by atoms with van der Waals surface area (Å²) < 4.78 is 18.0. The Hall–Kier alpha value is -0.720. The Kier molecular flexibility index (Phi) is 5.13. The van der Waals surface area contributed by atoms with E-state index in [0.29, 0.717) is 21.0 Å². The molecule has 4 nitrogen and oxygen atoms in total. The van der Waals surface area contributed by atoms with Crippen LogP contribution in [0.25, 0.3) is 0 Å². The highest BCUT2D eigenvalue weighted by Crippen LogP contribution is 2.23. The smallest absolute Gasteiger partial charge is 0.336 e. The van der Waals surface area contributed by atoms with E-state index in [1.165, 1.54) is 6.07 Å². The first kappa shape index (κ1) is 14.7. The number of hydrogen-bond acceptors (Lipinski definition) is 3. The Morgan fingerprint density at radius 2 is 2.11 bits per heavy atom. The first-order valence-electron chi connectivity index (χ1n) is 6.07. The molecule has 1 fully saturated rings. The number of aromatic carboxylic acids is 1. The van der Waals surface area contributed by atoms with Crippen LogP contribution in [0.4, 0.5) is 0 Å².